The Morgan fingerprint density at radius 2 is 1.76 bits per heavy atom. The van der Waals surface area contributed by atoms with E-state index in [1.807, 2.05) is 0 Å². The van der Waals surface area contributed by atoms with Crippen molar-refractivity contribution in [2.24, 2.45) is 17.3 Å². The first kappa shape index (κ1) is 26.3. The lowest BCUT2D eigenvalue weighted by Gasteiger charge is -2.25. The third-order valence-corrected chi connectivity index (χ3v) is 8.52. The summed E-state index contributed by atoms with van der Waals surface area (Å²) >= 11 is 3.20. The number of carbonyl (C=O) groups is 2. The number of amides is 2. The molecule has 13 heteroatoms. The number of halogens is 3. The van der Waals surface area contributed by atoms with Crippen LogP contribution in [0.4, 0.5) is 20.2 Å². The van der Waals surface area contributed by atoms with Crippen LogP contribution >= 0.6 is 15.9 Å². The number of nitrogens with zero attached hydrogens (tertiary/aromatic N) is 3. The number of pyridine rings is 1. The molecule has 1 saturated carbocycles. The van der Waals surface area contributed by atoms with Crippen LogP contribution in [-0.4, -0.2) is 69.7 Å². The van der Waals surface area contributed by atoms with Crippen molar-refractivity contribution < 1.29 is 23.3 Å². The number of carbonyl (C=O) groups excluding carboxylic acids is 2. The second kappa shape index (κ2) is 8.85. The second-order valence-corrected chi connectivity index (χ2v) is 11.8. The topological polar surface area (TPSA) is 129 Å². The highest BCUT2D eigenvalue weighted by Crippen LogP contribution is 2.62. The van der Waals surface area contributed by atoms with E-state index in [1.54, 1.807) is 11.8 Å². The van der Waals surface area contributed by atoms with Crippen LogP contribution < -0.4 is 10.9 Å². The first-order chi connectivity index (χ1) is 17.7. The van der Waals surface area contributed by atoms with Crippen LogP contribution in [0.3, 0.4) is 0 Å². The Bertz CT molecular complexity index is 1410. The molecule has 2 aliphatic heterocycles. The summed E-state index contributed by atoms with van der Waals surface area (Å²) in [7, 11) is 0. The summed E-state index contributed by atoms with van der Waals surface area (Å²) in [6.07, 6.45) is 0. The Balaban J connectivity index is 1.44. The van der Waals surface area contributed by atoms with E-state index >= 15 is 8.78 Å². The normalized spacial score (nSPS) is 24.7. The summed E-state index contributed by atoms with van der Waals surface area (Å²) in [4.78, 5) is 54.4. The lowest BCUT2D eigenvalue weighted by atomic mass is 10.0. The number of nitrogens with one attached hydrogen (secondary N) is 2. The molecule has 2 amide bonds. The lowest BCUT2D eigenvalue weighted by Crippen LogP contribution is -2.39. The number of aromatic nitrogens is 1. The van der Waals surface area contributed by atoms with Crippen LogP contribution in [0.1, 0.15) is 40.3 Å². The van der Waals surface area contributed by atoms with Crippen LogP contribution in [0.2, 0.25) is 0 Å². The molecule has 3 fully saturated rings. The zero-order chi connectivity index (χ0) is 27.7. The second-order valence-electron chi connectivity index (χ2n) is 10.9. The molecule has 10 nitrogen and oxygen atoms in total. The highest BCUT2D eigenvalue weighted by Gasteiger charge is 2.62. The number of fused-ring (bicyclic) bond motifs is 1. The molecule has 38 heavy (non-hydrogen) atoms. The first-order valence-electron chi connectivity index (χ1n) is 12.1. The fourth-order valence-electron chi connectivity index (χ4n) is 5.78. The third-order valence-electron chi connectivity index (χ3n) is 8.06. The predicted octanol–water partition coefficient (Wildman–Crippen LogP) is 3.65. The Kier molecular flexibility index (Phi) is 6.12. The summed E-state index contributed by atoms with van der Waals surface area (Å²) in [6, 6.07) is 3.26. The third kappa shape index (κ3) is 4.46. The van der Waals surface area contributed by atoms with Crippen molar-refractivity contribution in [2.75, 3.05) is 31.5 Å². The number of hydrogen-bond donors (Lipinski definition) is 2. The van der Waals surface area contributed by atoms with Gasteiger partial charge in [0.05, 0.1) is 17.0 Å². The number of rotatable bonds is 5. The number of likely N-dealkylation sites (tertiary alicyclic amines) is 2. The van der Waals surface area contributed by atoms with Crippen LogP contribution in [-0.2, 0) is 0 Å². The molecule has 1 aromatic carbocycles. The van der Waals surface area contributed by atoms with Crippen LogP contribution in [0, 0.1) is 34.3 Å². The number of piperidine rings is 1. The van der Waals surface area contributed by atoms with E-state index in [9.17, 15) is 24.5 Å². The molecule has 1 aliphatic carbocycles. The van der Waals surface area contributed by atoms with Crippen molar-refractivity contribution >= 4 is 39.1 Å². The number of benzene rings is 1. The summed E-state index contributed by atoms with van der Waals surface area (Å²) in [6.45, 7) is 5.37. The van der Waals surface area contributed by atoms with Gasteiger partial charge in [-0.2, -0.15) is 0 Å². The average Bonchev–Trinajstić information content (AvgIpc) is 3.15. The van der Waals surface area contributed by atoms with Gasteiger partial charge in [-0.25, -0.2) is 8.78 Å². The van der Waals surface area contributed by atoms with Gasteiger partial charge in [-0.05, 0) is 36.3 Å². The molecule has 3 atom stereocenters. The molecule has 0 bridgehead atoms. The van der Waals surface area contributed by atoms with E-state index in [0.29, 0.717) is 30.6 Å². The van der Waals surface area contributed by atoms with Crippen molar-refractivity contribution in [3.8, 4) is 0 Å². The van der Waals surface area contributed by atoms with Crippen LogP contribution in [0.15, 0.2) is 33.5 Å². The molecule has 0 radical (unpaired) electrons. The predicted molar refractivity (Wildman–Crippen MR) is 138 cm³/mol. The summed E-state index contributed by atoms with van der Waals surface area (Å²) in [5, 5.41) is 14.5. The Morgan fingerprint density at radius 3 is 2.37 bits per heavy atom. The van der Waals surface area contributed by atoms with Crippen LogP contribution in [0.25, 0.3) is 0 Å². The van der Waals surface area contributed by atoms with Gasteiger partial charge >= 0.3 is 0 Å². The lowest BCUT2D eigenvalue weighted by molar-refractivity contribution is -0.384. The van der Waals surface area contributed by atoms with E-state index in [0.717, 1.165) is 17.0 Å². The number of anilines is 1. The molecular weight excluding hydrogens is 568 g/mol. The molecule has 2 N–H and O–H groups in total. The average molecular weight is 594 g/mol. The molecule has 202 valence electrons. The number of nitro groups is 1. The van der Waals surface area contributed by atoms with Crippen molar-refractivity contribution in [3.05, 3.63) is 66.0 Å². The maximum absolute atomic E-state index is 15.2. The van der Waals surface area contributed by atoms with Gasteiger partial charge in [0.15, 0.2) is 0 Å². The minimum Gasteiger partial charge on any atom is -0.369 e. The monoisotopic (exact) mass is 593 g/mol. The van der Waals surface area contributed by atoms with Gasteiger partial charge in [-0.1, -0.05) is 29.8 Å². The Labute approximate surface area is 224 Å². The number of aryl methyl sites for hydroxylation is 1. The molecule has 0 spiro atoms. The summed E-state index contributed by atoms with van der Waals surface area (Å²) in [5.74, 6) is -4.04. The van der Waals surface area contributed by atoms with Crippen molar-refractivity contribution in [1.29, 1.82) is 0 Å². The van der Waals surface area contributed by atoms with E-state index in [2.05, 4.69) is 40.1 Å². The van der Waals surface area contributed by atoms with Crippen molar-refractivity contribution in [3.63, 3.8) is 0 Å². The molecule has 5 rings (SSSR count). The Morgan fingerprint density at radius 1 is 1.11 bits per heavy atom. The quantitative estimate of drug-likeness (QED) is 0.402. The van der Waals surface area contributed by atoms with Crippen LogP contribution in [0.5, 0.6) is 0 Å². The van der Waals surface area contributed by atoms with Gasteiger partial charge in [-0.3, -0.25) is 24.5 Å². The van der Waals surface area contributed by atoms with E-state index < -0.39 is 53.0 Å². The van der Waals surface area contributed by atoms with Crippen molar-refractivity contribution in [1.82, 2.24) is 14.8 Å². The molecule has 3 aliphatic rings. The maximum Gasteiger partial charge on any atom is 0.294 e. The van der Waals surface area contributed by atoms with Gasteiger partial charge in [0.1, 0.15) is 11.7 Å². The number of hydrogen-bond acceptors (Lipinski definition) is 6. The molecule has 2 unspecified atom stereocenters. The molecule has 2 saturated heterocycles. The minimum atomic E-state index is -3.47. The van der Waals surface area contributed by atoms with Gasteiger partial charge in [0.2, 0.25) is 5.56 Å². The fraction of sp³-hybridized carbons (Fsp3) is 0.480. The SMILES string of the molecule is Cc1cc(C(=O)N2C[C@H](Nc3c(C(=O)N4CC5C(C4)C5(C)C)cc(Br)cc3[N+](=O)[O-])C(F)(F)C2)cc(=O)[nH]1. The van der Waals surface area contributed by atoms with Gasteiger partial charge < -0.3 is 20.1 Å². The Hall–Kier alpha value is -3.35. The van der Waals surface area contributed by atoms with Gasteiger partial charge in [0, 0.05) is 47.5 Å². The highest BCUT2D eigenvalue weighted by molar-refractivity contribution is 9.10. The highest BCUT2D eigenvalue weighted by atomic mass is 79.9. The molecule has 2 aromatic rings. The maximum atomic E-state index is 15.2. The zero-order valence-electron chi connectivity index (χ0n) is 20.9. The van der Waals surface area contributed by atoms with Gasteiger partial charge in [-0.15, -0.1) is 0 Å². The fourth-order valence-corrected chi connectivity index (χ4v) is 6.22. The molecular formula is C25H26BrF2N5O5. The molecule has 1 aromatic heterocycles. The zero-order valence-corrected chi connectivity index (χ0v) is 22.5. The molecule has 3 heterocycles. The summed E-state index contributed by atoms with van der Waals surface area (Å²) < 4.78 is 30.6. The number of nitro benzene ring substituents is 1. The largest absolute Gasteiger partial charge is 0.369 e. The minimum absolute atomic E-state index is 0.0382. The first-order valence-corrected chi connectivity index (χ1v) is 12.9. The summed E-state index contributed by atoms with van der Waals surface area (Å²) in [5.41, 5.74) is -0.971. The standard InChI is InChI=1S/C25H26BrF2N5O5/c1-12-4-13(5-20(34)29-12)22(35)32-10-19(25(27,28)11-32)30-21-15(6-14(26)7-18(21)33(37)38)23(36)31-8-16-17(9-31)24(16,2)3/h4-7,16-17,19,30H,8-11H2,1-3H3,(H,29,34)/t16?,17?,19-/m0/s1. The van der Waals surface area contributed by atoms with E-state index in [-0.39, 0.29) is 26.7 Å². The van der Waals surface area contributed by atoms with Crippen molar-refractivity contribution in [2.45, 2.75) is 32.7 Å². The van der Waals surface area contributed by atoms with E-state index in [4.69, 9.17) is 0 Å². The van der Waals surface area contributed by atoms with E-state index in [1.165, 1.54) is 12.1 Å². The number of aromatic amines is 1. The number of alkyl halides is 2. The smallest absolute Gasteiger partial charge is 0.294 e. The number of H-pyrrole nitrogens is 1. The van der Waals surface area contributed by atoms with Gasteiger partial charge in [0.25, 0.3) is 23.4 Å².